The van der Waals surface area contributed by atoms with E-state index in [2.05, 4.69) is 15.5 Å². The largest absolute Gasteiger partial charge is 0.493 e. The maximum atomic E-state index is 12.6. The zero-order valence-corrected chi connectivity index (χ0v) is 16.3. The lowest BCUT2D eigenvalue weighted by Gasteiger charge is -2.32. The fraction of sp³-hybridized carbons (Fsp3) is 0.500. The van der Waals surface area contributed by atoms with Gasteiger partial charge in [0.25, 0.3) is 0 Å². The fourth-order valence-corrected chi connectivity index (χ4v) is 3.23. The SMILES string of the molecule is Cc1noc(C(C)NC(=O)C2CCCN(C(=O)CCOc3ccccc3)C2)n1. The summed E-state index contributed by atoms with van der Waals surface area (Å²) in [5.74, 6) is 1.34. The van der Waals surface area contributed by atoms with Crippen LogP contribution in [0.5, 0.6) is 5.75 Å². The molecule has 3 rings (SSSR count). The lowest BCUT2D eigenvalue weighted by Crippen LogP contribution is -2.46. The highest BCUT2D eigenvalue weighted by Crippen LogP contribution is 2.19. The molecule has 1 saturated heterocycles. The number of aryl methyl sites for hydroxylation is 1. The number of carbonyl (C=O) groups is 2. The van der Waals surface area contributed by atoms with Gasteiger partial charge in [-0.25, -0.2) is 0 Å². The van der Waals surface area contributed by atoms with Gasteiger partial charge >= 0.3 is 0 Å². The average molecular weight is 386 g/mol. The number of hydrogen-bond acceptors (Lipinski definition) is 6. The minimum atomic E-state index is -0.362. The molecule has 150 valence electrons. The van der Waals surface area contributed by atoms with Crippen molar-refractivity contribution in [2.24, 2.45) is 5.92 Å². The quantitative estimate of drug-likeness (QED) is 0.784. The minimum Gasteiger partial charge on any atom is -0.493 e. The predicted molar refractivity (Wildman–Crippen MR) is 101 cm³/mol. The van der Waals surface area contributed by atoms with Crippen LogP contribution >= 0.6 is 0 Å². The highest BCUT2D eigenvalue weighted by atomic mass is 16.5. The van der Waals surface area contributed by atoms with Crippen molar-refractivity contribution in [3.8, 4) is 5.75 Å². The molecule has 2 heterocycles. The highest BCUT2D eigenvalue weighted by molar-refractivity contribution is 5.81. The first-order valence-corrected chi connectivity index (χ1v) is 9.59. The summed E-state index contributed by atoms with van der Waals surface area (Å²) in [5.41, 5.74) is 0. The molecule has 1 fully saturated rings. The van der Waals surface area contributed by atoms with Gasteiger partial charge in [0.1, 0.15) is 11.8 Å². The third kappa shape index (κ3) is 5.31. The van der Waals surface area contributed by atoms with Crippen LogP contribution in [0.1, 0.15) is 43.9 Å². The second-order valence-electron chi connectivity index (χ2n) is 7.00. The summed E-state index contributed by atoms with van der Waals surface area (Å²) in [6, 6.07) is 9.05. The standard InChI is InChI=1S/C20H26N4O4/c1-14(20-22-15(2)23-28-20)21-19(26)16-7-6-11-24(13-16)18(25)10-12-27-17-8-4-3-5-9-17/h3-5,8-9,14,16H,6-7,10-13H2,1-2H3,(H,21,26). The van der Waals surface area contributed by atoms with E-state index in [1.165, 1.54) is 0 Å². The summed E-state index contributed by atoms with van der Waals surface area (Å²) in [5, 5.41) is 6.65. The van der Waals surface area contributed by atoms with Crippen LogP contribution < -0.4 is 10.1 Å². The molecule has 1 aliphatic heterocycles. The average Bonchev–Trinajstić information content (AvgIpc) is 3.15. The summed E-state index contributed by atoms with van der Waals surface area (Å²) in [6.07, 6.45) is 1.85. The maximum absolute atomic E-state index is 12.6. The van der Waals surface area contributed by atoms with Gasteiger partial charge in [0.05, 0.1) is 18.9 Å². The van der Waals surface area contributed by atoms with Crippen molar-refractivity contribution in [1.29, 1.82) is 0 Å². The first-order valence-electron chi connectivity index (χ1n) is 9.59. The molecule has 1 aliphatic rings. The van der Waals surface area contributed by atoms with Crippen molar-refractivity contribution in [3.63, 3.8) is 0 Å². The van der Waals surface area contributed by atoms with Crippen molar-refractivity contribution in [2.45, 2.75) is 39.2 Å². The third-order valence-corrected chi connectivity index (χ3v) is 4.75. The van der Waals surface area contributed by atoms with E-state index >= 15 is 0 Å². The predicted octanol–water partition coefficient (Wildman–Crippen LogP) is 2.26. The highest BCUT2D eigenvalue weighted by Gasteiger charge is 2.29. The Kier molecular flexibility index (Phi) is 6.62. The van der Waals surface area contributed by atoms with Crippen molar-refractivity contribution in [1.82, 2.24) is 20.4 Å². The molecule has 2 atom stereocenters. The van der Waals surface area contributed by atoms with Crippen LogP contribution in [0.4, 0.5) is 0 Å². The molecule has 8 heteroatoms. The molecule has 0 aliphatic carbocycles. The molecule has 0 spiro atoms. The number of benzene rings is 1. The lowest BCUT2D eigenvalue weighted by atomic mass is 9.96. The monoisotopic (exact) mass is 386 g/mol. The van der Waals surface area contributed by atoms with Crippen molar-refractivity contribution < 1.29 is 18.8 Å². The molecular weight excluding hydrogens is 360 g/mol. The summed E-state index contributed by atoms with van der Waals surface area (Å²) in [6.45, 7) is 4.95. The summed E-state index contributed by atoms with van der Waals surface area (Å²) >= 11 is 0. The number of hydrogen-bond donors (Lipinski definition) is 1. The number of ether oxygens (including phenoxy) is 1. The van der Waals surface area contributed by atoms with E-state index in [4.69, 9.17) is 9.26 Å². The fourth-order valence-electron chi connectivity index (χ4n) is 3.23. The topological polar surface area (TPSA) is 97.6 Å². The number of nitrogens with zero attached hydrogens (tertiary/aromatic N) is 3. The van der Waals surface area contributed by atoms with Crippen LogP contribution in [0.2, 0.25) is 0 Å². The molecule has 0 bridgehead atoms. The van der Waals surface area contributed by atoms with Crippen molar-refractivity contribution in [2.75, 3.05) is 19.7 Å². The molecule has 2 unspecified atom stereocenters. The van der Waals surface area contributed by atoms with E-state index in [-0.39, 0.29) is 23.8 Å². The number of aromatic nitrogens is 2. The first-order chi connectivity index (χ1) is 13.5. The molecule has 0 radical (unpaired) electrons. The van der Waals surface area contributed by atoms with Gasteiger partial charge in [-0.3, -0.25) is 9.59 Å². The first kappa shape index (κ1) is 19.9. The van der Waals surface area contributed by atoms with Gasteiger partial charge in [-0.05, 0) is 38.8 Å². The van der Waals surface area contributed by atoms with Gasteiger partial charge in [-0.1, -0.05) is 23.4 Å². The Hall–Kier alpha value is -2.90. The molecule has 0 saturated carbocycles. The zero-order valence-electron chi connectivity index (χ0n) is 16.3. The molecule has 2 aromatic rings. The molecule has 8 nitrogen and oxygen atoms in total. The number of piperidine rings is 1. The van der Waals surface area contributed by atoms with Gasteiger partial charge in [0.15, 0.2) is 5.82 Å². The molecule has 2 amide bonds. The smallest absolute Gasteiger partial charge is 0.248 e. The van der Waals surface area contributed by atoms with Gasteiger partial charge in [-0.2, -0.15) is 4.98 Å². The Morgan fingerprint density at radius 2 is 2.14 bits per heavy atom. The Bertz CT molecular complexity index is 793. The van der Waals surface area contributed by atoms with Gasteiger partial charge in [-0.15, -0.1) is 0 Å². The van der Waals surface area contributed by atoms with Gasteiger partial charge < -0.3 is 19.5 Å². The van der Waals surface area contributed by atoms with Crippen LogP contribution in [-0.2, 0) is 9.59 Å². The van der Waals surface area contributed by atoms with E-state index in [1.54, 1.807) is 18.7 Å². The summed E-state index contributed by atoms with van der Waals surface area (Å²) < 4.78 is 10.7. The van der Waals surface area contributed by atoms with Crippen LogP contribution in [-0.4, -0.2) is 46.6 Å². The van der Waals surface area contributed by atoms with Crippen LogP contribution in [0.25, 0.3) is 0 Å². The third-order valence-electron chi connectivity index (χ3n) is 4.75. The number of nitrogens with one attached hydrogen (secondary N) is 1. The number of amides is 2. The van der Waals surface area contributed by atoms with E-state index in [9.17, 15) is 9.59 Å². The zero-order chi connectivity index (χ0) is 19.9. The maximum Gasteiger partial charge on any atom is 0.248 e. The number of para-hydroxylation sites is 1. The van der Waals surface area contributed by atoms with E-state index in [0.717, 1.165) is 18.6 Å². The Balaban J connectivity index is 1.46. The van der Waals surface area contributed by atoms with E-state index in [1.807, 2.05) is 30.3 Å². The van der Waals surface area contributed by atoms with Crippen LogP contribution in [0.3, 0.4) is 0 Å². The van der Waals surface area contributed by atoms with Crippen molar-refractivity contribution >= 4 is 11.8 Å². The Labute approximate surface area is 164 Å². The van der Waals surface area contributed by atoms with Gasteiger partial charge in [0, 0.05) is 13.1 Å². The van der Waals surface area contributed by atoms with Gasteiger partial charge in [0.2, 0.25) is 17.7 Å². The molecule has 1 aromatic carbocycles. The van der Waals surface area contributed by atoms with E-state index in [0.29, 0.717) is 37.8 Å². The van der Waals surface area contributed by atoms with Crippen LogP contribution in [0, 0.1) is 12.8 Å². The summed E-state index contributed by atoms with van der Waals surface area (Å²) in [7, 11) is 0. The number of rotatable bonds is 7. The van der Waals surface area contributed by atoms with E-state index < -0.39 is 0 Å². The Morgan fingerprint density at radius 3 is 2.86 bits per heavy atom. The lowest BCUT2D eigenvalue weighted by molar-refractivity contribution is -0.136. The molecule has 1 N–H and O–H groups in total. The Morgan fingerprint density at radius 1 is 1.36 bits per heavy atom. The molecule has 28 heavy (non-hydrogen) atoms. The second-order valence-corrected chi connectivity index (χ2v) is 7.00. The number of likely N-dealkylation sites (tertiary alicyclic amines) is 1. The normalized spacial score (nSPS) is 17.8. The van der Waals surface area contributed by atoms with Crippen LogP contribution in [0.15, 0.2) is 34.9 Å². The number of carbonyl (C=O) groups excluding carboxylic acids is 2. The second kappa shape index (κ2) is 9.34. The minimum absolute atomic E-state index is 0.00834. The summed E-state index contributed by atoms with van der Waals surface area (Å²) in [4.78, 5) is 31.0. The molecular formula is C20H26N4O4. The molecule has 1 aromatic heterocycles. The van der Waals surface area contributed by atoms with Crippen molar-refractivity contribution in [3.05, 3.63) is 42.0 Å².